The van der Waals surface area contributed by atoms with Gasteiger partial charge < -0.3 is 15.5 Å². The predicted octanol–water partition coefficient (Wildman–Crippen LogP) is 1.87. The minimum absolute atomic E-state index is 0.0437. The quantitative estimate of drug-likeness (QED) is 0.514. The van der Waals surface area contributed by atoms with E-state index in [4.69, 9.17) is 10.2 Å². The second-order valence-corrected chi connectivity index (χ2v) is 4.03. The van der Waals surface area contributed by atoms with Gasteiger partial charge in [-0.3, -0.25) is 10.1 Å². The van der Waals surface area contributed by atoms with Crippen molar-refractivity contribution in [1.29, 1.82) is 0 Å². The molecule has 0 saturated carbocycles. The minimum atomic E-state index is -1.34. The number of hydrogen-bond acceptors (Lipinski definition) is 5. The van der Waals surface area contributed by atoms with Crippen LogP contribution in [0, 0.1) is 10.1 Å². The molecule has 19 heavy (non-hydrogen) atoms. The van der Waals surface area contributed by atoms with Gasteiger partial charge in [0.2, 0.25) is 0 Å². The first kappa shape index (κ1) is 14.9. The van der Waals surface area contributed by atoms with Gasteiger partial charge in [0.1, 0.15) is 11.3 Å². The second-order valence-electron chi connectivity index (χ2n) is 4.03. The number of nitrogens with zero attached hydrogens (tertiary/aromatic N) is 1. The fourth-order valence-electron chi connectivity index (χ4n) is 1.78. The fraction of sp³-hybridized carbons (Fsp3) is 0.417. The Labute approximate surface area is 110 Å². The molecule has 0 saturated heterocycles. The van der Waals surface area contributed by atoms with Crippen LogP contribution in [0.25, 0.3) is 0 Å². The van der Waals surface area contributed by atoms with E-state index in [2.05, 4.69) is 5.32 Å². The van der Waals surface area contributed by atoms with E-state index in [1.54, 1.807) is 0 Å². The number of rotatable bonds is 7. The number of carbonyl (C=O) groups is 1. The van der Waals surface area contributed by atoms with Crippen LogP contribution < -0.4 is 5.32 Å². The van der Waals surface area contributed by atoms with E-state index in [9.17, 15) is 14.9 Å². The SMILES string of the molecule is CCC(CCO)Nc1cccc(C(=O)O)c1[N+](=O)[O-]. The molecule has 0 bridgehead atoms. The molecule has 0 heterocycles. The number of nitrogens with one attached hydrogen (secondary N) is 1. The van der Waals surface area contributed by atoms with Crippen molar-refractivity contribution < 1.29 is 19.9 Å². The van der Waals surface area contributed by atoms with E-state index < -0.39 is 16.6 Å². The van der Waals surface area contributed by atoms with Gasteiger partial charge in [-0.05, 0) is 25.0 Å². The van der Waals surface area contributed by atoms with Gasteiger partial charge in [0, 0.05) is 12.6 Å². The normalized spacial score (nSPS) is 11.9. The van der Waals surface area contributed by atoms with Crippen molar-refractivity contribution in [2.45, 2.75) is 25.8 Å². The van der Waals surface area contributed by atoms with Crippen LogP contribution in [0.4, 0.5) is 11.4 Å². The Morgan fingerprint density at radius 1 is 1.53 bits per heavy atom. The molecule has 0 aromatic heterocycles. The highest BCUT2D eigenvalue weighted by Crippen LogP contribution is 2.29. The van der Waals surface area contributed by atoms with Gasteiger partial charge in [0.15, 0.2) is 0 Å². The molecule has 0 spiro atoms. The highest BCUT2D eigenvalue weighted by atomic mass is 16.6. The number of carboxylic acids is 1. The van der Waals surface area contributed by atoms with Crippen LogP contribution >= 0.6 is 0 Å². The highest BCUT2D eigenvalue weighted by Gasteiger charge is 2.25. The first-order valence-electron chi connectivity index (χ1n) is 5.89. The molecule has 0 fully saturated rings. The third-order valence-corrected chi connectivity index (χ3v) is 2.78. The van der Waals surface area contributed by atoms with Crippen LogP contribution in [0.5, 0.6) is 0 Å². The standard InChI is InChI=1S/C12H16N2O5/c1-2-8(6-7-15)13-10-5-3-4-9(12(16)17)11(10)14(18)19/h3-5,8,13,15H,2,6-7H2,1H3,(H,16,17). The van der Waals surface area contributed by atoms with Crippen LogP contribution in [0.3, 0.4) is 0 Å². The molecule has 0 amide bonds. The van der Waals surface area contributed by atoms with Crippen LogP contribution in [-0.2, 0) is 0 Å². The number of benzene rings is 1. The molecular formula is C12H16N2O5. The molecule has 7 nitrogen and oxygen atoms in total. The summed E-state index contributed by atoms with van der Waals surface area (Å²) in [6, 6.07) is 3.96. The maximum absolute atomic E-state index is 11.0. The topological polar surface area (TPSA) is 113 Å². The van der Waals surface area contributed by atoms with Gasteiger partial charge in [0.05, 0.1) is 4.92 Å². The molecule has 104 valence electrons. The lowest BCUT2D eigenvalue weighted by Gasteiger charge is -2.17. The first-order chi connectivity index (χ1) is 9.01. The molecule has 7 heteroatoms. The van der Waals surface area contributed by atoms with Crippen LogP contribution in [0.2, 0.25) is 0 Å². The van der Waals surface area contributed by atoms with E-state index in [1.165, 1.54) is 18.2 Å². The summed E-state index contributed by atoms with van der Waals surface area (Å²) in [6.07, 6.45) is 1.10. The van der Waals surface area contributed by atoms with Crippen molar-refractivity contribution >= 4 is 17.3 Å². The third kappa shape index (κ3) is 3.65. The lowest BCUT2D eigenvalue weighted by atomic mass is 10.1. The lowest BCUT2D eigenvalue weighted by molar-refractivity contribution is -0.384. The number of carboxylic acid groups (broad SMARTS) is 1. The van der Waals surface area contributed by atoms with E-state index in [1.807, 2.05) is 6.92 Å². The second kappa shape index (κ2) is 6.69. The number of nitro benzene ring substituents is 1. The number of nitro groups is 1. The van der Waals surface area contributed by atoms with Crippen molar-refractivity contribution in [3.05, 3.63) is 33.9 Å². The molecule has 1 aromatic rings. The minimum Gasteiger partial charge on any atom is -0.477 e. The number of aliphatic hydroxyl groups excluding tert-OH is 1. The summed E-state index contributed by atoms with van der Waals surface area (Å²) in [5.41, 5.74) is -0.648. The van der Waals surface area contributed by atoms with Gasteiger partial charge in [-0.2, -0.15) is 0 Å². The molecule has 3 N–H and O–H groups in total. The maximum Gasteiger partial charge on any atom is 0.342 e. The zero-order valence-electron chi connectivity index (χ0n) is 10.5. The molecule has 1 rings (SSSR count). The van der Waals surface area contributed by atoms with Gasteiger partial charge >= 0.3 is 11.7 Å². The first-order valence-corrected chi connectivity index (χ1v) is 5.89. The Hall–Kier alpha value is -2.15. The maximum atomic E-state index is 11.0. The third-order valence-electron chi connectivity index (χ3n) is 2.78. The summed E-state index contributed by atoms with van der Waals surface area (Å²) in [5, 5.41) is 31.8. The Morgan fingerprint density at radius 3 is 2.68 bits per heavy atom. The van der Waals surface area contributed by atoms with E-state index in [-0.39, 0.29) is 23.9 Å². The van der Waals surface area contributed by atoms with Gasteiger partial charge in [-0.25, -0.2) is 4.79 Å². The van der Waals surface area contributed by atoms with Crippen LogP contribution in [-0.4, -0.2) is 33.8 Å². The van der Waals surface area contributed by atoms with Crippen LogP contribution in [0.15, 0.2) is 18.2 Å². The summed E-state index contributed by atoms with van der Waals surface area (Å²) in [4.78, 5) is 21.3. The van der Waals surface area contributed by atoms with Gasteiger partial charge in [0.25, 0.3) is 0 Å². The fourth-order valence-corrected chi connectivity index (χ4v) is 1.78. The summed E-state index contributed by atoms with van der Waals surface area (Å²) < 4.78 is 0. The van der Waals surface area contributed by atoms with E-state index in [0.717, 1.165) is 0 Å². The van der Waals surface area contributed by atoms with Gasteiger partial charge in [-0.15, -0.1) is 0 Å². The summed E-state index contributed by atoms with van der Waals surface area (Å²) in [5.74, 6) is -1.34. The zero-order chi connectivity index (χ0) is 14.4. The summed E-state index contributed by atoms with van der Waals surface area (Å²) in [7, 11) is 0. The average molecular weight is 268 g/mol. The van der Waals surface area contributed by atoms with E-state index >= 15 is 0 Å². The molecule has 1 aromatic carbocycles. The Kier molecular flexibility index (Phi) is 5.25. The molecule has 0 aliphatic rings. The molecule has 0 aliphatic heterocycles. The Morgan fingerprint density at radius 2 is 2.21 bits per heavy atom. The number of para-hydroxylation sites is 1. The number of aliphatic hydroxyl groups is 1. The zero-order valence-corrected chi connectivity index (χ0v) is 10.5. The van der Waals surface area contributed by atoms with Gasteiger partial charge in [-0.1, -0.05) is 13.0 Å². The Balaban J connectivity index is 3.16. The molecular weight excluding hydrogens is 252 g/mol. The Bertz CT molecular complexity index is 475. The average Bonchev–Trinajstić information content (AvgIpc) is 2.37. The predicted molar refractivity (Wildman–Crippen MR) is 69.5 cm³/mol. The largest absolute Gasteiger partial charge is 0.477 e. The molecule has 0 radical (unpaired) electrons. The lowest BCUT2D eigenvalue weighted by Crippen LogP contribution is -2.21. The summed E-state index contributed by atoms with van der Waals surface area (Å²) >= 11 is 0. The number of aromatic carboxylic acids is 1. The van der Waals surface area contributed by atoms with Crippen molar-refractivity contribution in [3.8, 4) is 0 Å². The monoisotopic (exact) mass is 268 g/mol. The van der Waals surface area contributed by atoms with E-state index in [0.29, 0.717) is 12.8 Å². The summed E-state index contributed by atoms with van der Waals surface area (Å²) in [6.45, 7) is 1.83. The molecule has 1 unspecified atom stereocenters. The number of anilines is 1. The highest BCUT2D eigenvalue weighted by molar-refractivity contribution is 5.95. The van der Waals surface area contributed by atoms with Crippen molar-refractivity contribution in [2.75, 3.05) is 11.9 Å². The van der Waals surface area contributed by atoms with Crippen molar-refractivity contribution in [3.63, 3.8) is 0 Å². The smallest absolute Gasteiger partial charge is 0.342 e. The van der Waals surface area contributed by atoms with Crippen LogP contribution in [0.1, 0.15) is 30.1 Å². The number of hydrogen-bond donors (Lipinski definition) is 3. The van der Waals surface area contributed by atoms with Crippen molar-refractivity contribution in [1.82, 2.24) is 0 Å². The molecule has 1 atom stereocenters. The molecule has 0 aliphatic carbocycles. The van der Waals surface area contributed by atoms with Crippen molar-refractivity contribution in [2.24, 2.45) is 0 Å².